The van der Waals surface area contributed by atoms with Crippen LogP contribution in [0.15, 0.2) is 78.3 Å². The summed E-state index contributed by atoms with van der Waals surface area (Å²) in [4.78, 5) is 3.63. The Morgan fingerprint density at radius 3 is 2.48 bits per heavy atom. The van der Waals surface area contributed by atoms with Crippen molar-refractivity contribution in [1.82, 2.24) is 4.90 Å². The highest BCUT2D eigenvalue weighted by atomic mass is 15.4. The topological polar surface area (TPSA) is 6.48 Å². The zero-order chi connectivity index (χ0) is 19.4. The highest BCUT2D eigenvalue weighted by Gasteiger charge is 2.39. The van der Waals surface area contributed by atoms with Crippen molar-refractivity contribution in [2.75, 3.05) is 4.90 Å². The molecule has 2 heteroatoms. The molecule has 0 amide bonds. The average Bonchev–Trinajstić information content (AvgIpc) is 3.13. The number of anilines is 1. The van der Waals surface area contributed by atoms with Crippen LogP contribution < -0.4 is 4.90 Å². The second-order valence-corrected chi connectivity index (χ2v) is 5.97. The maximum Gasteiger partial charge on any atom is 0.107 e. The van der Waals surface area contributed by atoms with Crippen molar-refractivity contribution < 1.29 is 5.48 Å². The lowest BCUT2D eigenvalue weighted by atomic mass is 9.96. The lowest BCUT2D eigenvalue weighted by molar-refractivity contribution is 0.401. The summed E-state index contributed by atoms with van der Waals surface area (Å²) in [6.07, 6.45) is 2.68. The van der Waals surface area contributed by atoms with E-state index in [1.807, 2.05) is 73.3 Å². The standard InChI is InChI=1S/C21H22N2/c1-15-9-7-8-12-20(15)23-16(2)21-19(13-14-22(21)17(23)3)18-10-5-4-6-11-18/h4-14,17,19H,1-3H3/i3D3,19D. The molecular weight excluding hydrogens is 280 g/mol. The number of benzene rings is 2. The first-order valence-corrected chi connectivity index (χ1v) is 7.84. The van der Waals surface area contributed by atoms with Crippen molar-refractivity contribution in [3.63, 3.8) is 0 Å². The Morgan fingerprint density at radius 2 is 1.74 bits per heavy atom. The van der Waals surface area contributed by atoms with E-state index in [9.17, 15) is 1.37 Å². The van der Waals surface area contributed by atoms with Gasteiger partial charge in [0.2, 0.25) is 0 Å². The van der Waals surface area contributed by atoms with E-state index in [4.69, 9.17) is 4.11 Å². The molecule has 0 aromatic heterocycles. The Balaban J connectivity index is 1.92. The Hall–Kier alpha value is -2.48. The molecule has 2 aromatic carbocycles. The van der Waals surface area contributed by atoms with Crippen LogP contribution in [0.4, 0.5) is 5.69 Å². The number of hydrogen-bond acceptors (Lipinski definition) is 2. The summed E-state index contributed by atoms with van der Waals surface area (Å²) in [6, 6.07) is 17.4. The summed E-state index contributed by atoms with van der Waals surface area (Å²) in [7, 11) is 0. The molecule has 2 unspecified atom stereocenters. The van der Waals surface area contributed by atoms with Gasteiger partial charge in [0.05, 0.1) is 5.70 Å². The molecule has 2 aliphatic rings. The maximum absolute atomic E-state index is 9.18. The van der Waals surface area contributed by atoms with Crippen LogP contribution in [0.1, 0.15) is 36.3 Å². The summed E-state index contributed by atoms with van der Waals surface area (Å²) in [5.41, 5.74) is 4.20. The van der Waals surface area contributed by atoms with Crippen molar-refractivity contribution in [3.8, 4) is 0 Å². The van der Waals surface area contributed by atoms with Crippen LogP contribution in [0.5, 0.6) is 0 Å². The molecule has 0 saturated carbocycles. The Bertz CT molecular complexity index is 933. The van der Waals surface area contributed by atoms with Crippen LogP contribution in [0.2, 0.25) is 0 Å². The molecule has 116 valence electrons. The number of aryl methyl sites for hydroxylation is 1. The summed E-state index contributed by atoms with van der Waals surface area (Å²) < 4.78 is 33.7. The van der Waals surface area contributed by atoms with E-state index in [2.05, 4.69) is 0 Å². The first-order chi connectivity index (χ1) is 12.7. The minimum atomic E-state index is -2.24. The molecule has 0 N–H and O–H groups in total. The van der Waals surface area contributed by atoms with Gasteiger partial charge in [0, 0.05) is 29.0 Å². The van der Waals surface area contributed by atoms with Crippen molar-refractivity contribution in [1.29, 1.82) is 0 Å². The zero-order valence-electron chi connectivity index (χ0n) is 17.3. The van der Waals surface area contributed by atoms with E-state index < -0.39 is 18.9 Å². The number of hydrogen-bond donors (Lipinski definition) is 0. The number of nitrogens with zero attached hydrogens (tertiary/aromatic N) is 2. The first-order valence-electron chi connectivity index (χ1n) is 9.84. The van der Waals surface area contributed by atoms with Crippen LogP contribution in [0.3, 0.4) is 0 Å². The number of para-hydroxylation sites is 1. The van der Waals surface area contributed by atoms with Gasteiger partial charge in [0.15, 0.2) is 0 Å². The predicted molar refractivity (Wildman–Crippen MR) is 96.0 cm³/mol. The predicted octanol–water partition coefficient (Wildman–Crippen LogP) is 5.01. The van der Waals surface area contributed by atoms with Gasteiger partial charge in [-0.05, 0) is 37.9 Å². The van der Waals surface area contributed by atoms with Crippen molar-refractivity contribution in [2.24, 2.45) is 0 Å². The van der Waals surface area contributed by atoms with Crippen LogP contribution in [0, 0.1) is 6.92 Å². The van der Waals surface area contributed by atoms with Crippen molar-refractivity contribution >= 4 is 5.69 Å². The lowest BCUT2D eigenvalue weighted by Gasteiger charge is -2.30. The fourth-order valence-electron chi connectivity index (χ4n) is 3.45. The Kier molecular flexibility index (Phi) is 2.38. The van der Waals surface area contributed by atoms with Gasteiger partial charge in [-0.1, -0.05) is 54.6 Å². The van der Waals surface area contributed by atoms with E-state index >= 15 is 0 Å². The third-order valence-corrected chi connectivity index (χ3v) is 4.59. The molecule has 2 nitrogen and oxygen atoms in total. The molecule has 0 aliphatic carbocycles. The SMILES string of the molecule is [2H]C1(c2ccccc2)C=CN2C1=C(C)N(c1ccccc1C)C2C([2H])([2H])[2H]. The summed E-state index contributed by atoms with van der Waals surface area (Å²) >= 11 is 0. The van der Waals surface area contributed by atoms with Gasteiger partial charge in [-0.25, -0.2) is 0 Å². The van der Waals surface area contributed by atoms with E-state index in [0.29, 0.717) is 5.70 Å². The summed E-state index contributed by atoms with van der Waals surface area (Å²) in [6.45, 7) is 1.66. The van der Waals surface area contributed by atoms with Gasteiger partial charge in [0.1, 0.15) is 6.17 Å². The number of rotatable bonds is 2. The molecule has 4 rings (SSSR count). The smallest absolute Gasteiger partial charge is 0.107 e. The van der Waals surface area contributed by atoms with Crippen LogP contribution >= 0.6 is 0 Å². The fraction of sp³-hybridized carbons (Fsp3) is 0.238. The molecule has 2 atom stereocenters. The van der Waals surface area contributed by atoms with Crippen LogP contribution in [0.25, 0.3) is 0 Å². The molecule has 2 heterocycles. The molecule has 0 bridgehead atoms. The highest BCUT2D eigenvalue weighted by Crippen LogP contribution is 2.45. The van der Waals surface area contributed by atoms with Crippen LogP contribution in [-0.2, 0) is 0 Å². The van der Waals surface area contributed by atoms with Gasteiger partial charge >= 0.3 is 0 Å². The van der Waals surface area contributed by atoms with Crippen molar-refractivity contribution in [2.45, 2.75) is 32.8 Å². The molecule has 2 aliphatic heterocycles. The molecule has 0 spiro atoms. The van der Waals surface area contributed by atoms with Gasteiger partial charge in [-0.3, -0.25) is 0 Å². The lowest BCUT2D eigenvalue weighted by Crippen LogP contribution is -2.34. The number of fused-ring (bicyclic) bond motifs is 1. The second kappa shape index (κ2) is 5.31. The minimum absolute atomic E-state index is 0.707. The normalized spacial score (nSPS) is 29.2. The zero-order valence-corrected chi connectivity index (χ0v) is 13.3. The molecule has 0 fully saturated rings. The van der Waals surface area contributed by atoms with Crippen molar-refractivity contribution in [3.05, 3.63) is 89.4 Å². The molecule has 2 aromatic rings. The van der Waals surface area contributed by atoms with Gasteiger partial charge < -0.3 is 9.80 Å². The summed E-state index contributed by atoms with van der Waals surface area (Å²) in [5, 5.41) is 0. The Morgan fingerprint density at radius 1 is 1.00 bits per heavy atom. The Labute approximate surface area is 144 Å². The third-order valence-electron chi connectivity index (χ3n) is 4.59. The summed E-state index contributed by atoms with van der Waals surface area (Å²) in [5.74, 6) is -1.10. The quantitative estimate of drug-likeness (QED) is 0.770. The van der Waals surface area contributed by atoms with E-state index in [0.717, 1.165) is 22.5 Å². The van der Waals surface area contributed by atoms with Gasteiger partial charge in [-0.2, -0.15) is 0 Å². The van der Waals surface area contributed by atoms with Gasteiger partial charge in [-0.15, -0.1) is 0 Å². The highest BCUT2D eigenvalue weighted by molar-refractivity contribution is 5.62. The largest absolute Gasteiger partial charge is 0.328 e. The second-order valence-electron chi connectivity index (χ2n) is 5.97. The fourth-order valence-corrected chi connectivity index (χ4v) is 3.45. The maximum atomic E-state index is 9.18. The van der Waals surface area contributed by atoms with E-state index in [-0.39, 0.29) is 0 Å². The first kappa shape index (κ1) is 10.3. The van der Waals surface area contributed by atoms with E-state index in [1.54, 1.807) is 17.2 Å². The van der Waals surface area contributed by atoms with E-state index in [1.165, 1.54) is 0 Å². The number of allylic oxidation sites excluding steroid dienone is 2. The third kappa shape index (κ3) is 2.09. The molecule has 23 heavy (non-hydrogen) atoms. The molecular formula is C21H22N2. The molecule has 0 saturated heterocycles. The monoisotopic (exact) mass is 306 g/mol. The minimum Gasteiger partial charge on any atom is -0.328 e. The van der Waals surface area contributed by atoms with Gasteiger partial charge in [0.25, 0.3) is 0 Å². The average molecular weight is 306 g/mol. The molecule has 0 radical (unpaired) electrons. The van der Waals surface area contributed by atoms with Crippen LogP contribution in [-0.4, -0.2) is 11.1 Å².